The molecule has 0 spiro atoms. The molecule has 0 bridgehead atoms. The first-order chi connectivity index (χ1) is 16.4. The van der Waals surface area contributed by atoms with Crippen LogP contribution in [0.3, 0.4) is 0 Å². The van der Waals surface area contributed by atoms with Gasteiger partial charge in [-0.2, -0.15) is 0 Å². The van der Waals surface area contributed by atoms with Gasteiger partial charge in [0, 0.05) is 23.4 Å². The van der Waals surface area contributed by atoms with E-state index in [9.17, 15) is 9.59 Å². The summed E-state index contributed by atoms with van der Waals surface area (Å²) < 4.78 is 22.2. The van der Waals surface area contributed by atoms with Gasteiger partial charge in [0.2, 0.25) is 0 Å². The number of methoxy groups -OCH3 is 2. The average molecular weight is 466 g/mol. The van der Waals surface area contributed by atoms with E-state index >= 15 is 0 Å². The van der Waals surface area contributed by atoms with E-state index < -0.39 is 11.8 Å². The van der Waals surface area contributed by atoms with Gasteiger partial charge in [0.1, 0.15) is 17.4 Å². The topological polar surface area (TPSA) is 87.3 Å². The Kier molecular flexibility index (Phi) is 6.91. The summed E-state index contributed by atoms with van der Waals surface area (Å²) >= 11 is 0. The van der Waals surface area contributed by atoms with E-state index in [2.05, 4.69) is 0 Å². The van der Waals surface area contributed by atoms with Crippen LogP contribution >= 0.6 is 0 Å². The number of aliphatic imine (C=N–C) groups is 1. The van der Waals surface area contributed by atoms with Crippen LogP contribution in [0, 0.1) is 12.8 Å². The Bertz CT molecular complexity index is 1160. The summed E-state index contributed by atoms with van der Waals surface area (Å²) in [5, 5.41) is 0. The first-order valence-corrected chi connectivity index (χ1v) is 11.6. The molecule has 2 heterocycles. The standard InChI is InChI=1S/C27H31NO6/c1-6-11-33-27(30)24-16(3)28-19-12-18(17-8-10-21(31-4)23(14-17)32-5)13-20(29)25(19)26(24)22-9-7-15(2)34-22/h7-10,14,18,24,26H,6,11-13H2,1-5H3/t18-,24?,26+/m0/s1. The van der Waals surface area contributed by atoms with Gasteiger partial charge in [-0.1, -0.05) is 13.0 Å². The first-order valence-electron chi connectivity index (χ1n) is 11.6. The summed E-state index contributed by atoms with van der Waals surface area (Å²) in [5.41, 5.74) is 2.90. The van der Waals surface area contributed by atoms with Gasteiger partial charge in [0.05, 0.1) is 26.7 Å². The third-order valence-electron chi connectivity index (χ3n) is 6.54. The molecule has 1 unspecified atom stereocenters. The number of ketones is 1. The number of carbonyl (C=O) groups is 2. The zero-order valence-corrected chi connectivity index (χ0v) is 20.3. The second-order valence-electron chi connectivity index (χ2n) is 8.83. The van der Waals surface area contributed by atoms with E-state index in [0.717, 1.165) is 17.7 Å². The number of esters is 1. The van der Waals surface area contributed by atoms with Crippen LogP contribution in [-0.2, 0) is 14.3 Å². The quantitative estimate of drug-likeness (QED) is 0.527. The van der Waals surface area contributed by atoms with Crippen molar-refractivity contribution >= 4 is 17.5 Å². The van der Waals surface area contributed by atoms with Gasteiger partial charge in [-0.3, -0.25) is 14.6 Å². The number of ether oxygens (including phenoxy) is 3. The number of hydrogen-bond acceptors (Lipinski definition) is 7. The van der Waals surface area contributed by atoms with E-state index in [1.165, 1.54) is 0 Å². The second kappa shape index (κ2) is 9.87. The second-order valence-corrected chi connectivity index (χ2v) is 8.83. The van der Waals surface area contributed by atoms with Gasteiger partial charge in [-0.05, 0) is 62.4 Å². The number of carbonyl (C=O) groups excluding carboxylic acids is 2. The number of furan rings is 1. The number of nitrogens with zero attached hydrogens (tertiary/aromatic N) is 1. The van der Waals surface area contributed by atoms with Gasteiger partial charge >= 0.3 is 5.97 Å². The molecule has 4 rings (SSSR count). The SMILES string of the molecule is CCCOC(=O)C1C(C)=NC2=C(C(=O)C[C@@H](c3ccc(OC)c(OC)c3)C2)[C@@H]1c1ccc(C)o1. The normalized spacial score (nSPS) is 22.2. The van der Waals surface area contributed by atoms with Crippen molar-refractivity contribution in [2.75, 3.05) is 20.8 Å². The molecule has 3 atom stereocenters. The lowest BCUT2D eigenvalue weighted by molar-refractivity contribution is -0.146. The van der Waals surface area contributed by atoms with Crippen molar-refractivity contribution in [2.24, 2.45) is 10.9 Å². The minimum absolute atomic E-state index is 0.0235. The van der Waals surface area contributed by atoms with Crippen LogP contribution in [0.15, 0.2) is 51.0 Å². The monoisotopic (exact) mass is 465 g/mol. The van der Waals surface area contributed by atoms with Gasteiger partial charge < -0.3 is 18.6 Å². The Labute approximate surface area is 199 Å². The van der Waals surface area contributed by atoms with Crippen molar-refractivity contribution in [2.45, 2.75) is 51.9 Å². The van der Waals surface area contributed by atoms with Crippen molar-refractivity contribution in [3.8, 4) is 11.5 Å². The molecule has 1 aromatic carbocycles. The first kappa shape index (κ1) is 23.8. The maximum atomic E-state index is 13.6. The van der Waals surface area contributed by atoms with Crippen LogP contribution in [-0.4, -0.2) is 38.3 Å². The number of hydrogen-bond donors (Lipinski definition) is 0. The van der Waals surface area contributed by atoms with E-state index in [-0.39, 0.29) is 17.7 Å². The van der Waals surface area contributed by atoms with Gasteiger partial charge in [-0.25, -0.2) is 0 Å². The minimum Gasteiger partial charge on any atom is -0.493 e. The van der Waals surface area contributed by atoms with Crippen LogP contribution in [0.4, 0.5) is 0 Å². The lowest BCUT2D eigenvalue weighted by Gasteiger charge is -2.35. The summed E-state index contributed by atoms with van der Waals surface area (Å²) in [6.45, 7) is 5.95. The molecule has 2 aromatic rings. The molecule has 180 valence electrons. The third kappa shape index (κ3) is 4.39. The van der Waals surface area contributed by atoms with Gasteiger partial charge in [0.15, 0.2) is 17.3 Å². The molecular formula is C27H31NO6. The van der Waals surface area contributed by atoms with Crippen molar-refractivity contribution in [1.29, 1.82) is 0 Å². The molecule has 7 nitrogen and oxygen atoms in total. The summed E-state index contributed by atoms with van der Waals surface area (Å²) in [6, 6.07) is 9.43. The average Bonchev–Trinajstić information content (AvgIpc) is 3.26. The molecule has 2 aliphatic rings. The fraction of sp³-hybridized carbons (Fsp3) is 0.444. The molecule has 1 aliphatic carbocycles. The molecule has 0 saturated carbocycles. The lowest BCUT2D eigenvalue weighted by atomic mass is 9.70. The predicted molar refractivity (Wildman–Crippen MR) is 128 cm³/mol. The zero-order chi connectivity index (χ0) is 24.4. The Morgan fingerprint density at radius 2 is 1.85 bits per heavy atom. The predicted octanol–water partition coefficient (Wildman–Crippen LogP) is 5.13. The van der Waals surface area contributed by atoms with Crippen molar-refractivity contribution in [3.63, 3.8) is 0 Å². The summed E-state index contributed by atoms with van der Waals surface area (Å²) in [7, 11) is 3.19. The fourth-order valence-electron chi connectivity index (χ4n) is 4.93. The number of benzene rings is 1. The Balaban J connectivity index is 1.74. The molecule has 0 amide bonds. The fourth-order valence-corrected chi connectivity index (χ4v) is 4.93. The van der Waals surface area contributed by atoms with Crippen molar-refractivity contribution in [3.05, 3.63) is 58.7 Å². The molecule has 1 aromatic heterocycles. The highest BCUT2D eigenvalue weighted by Gasteiger charge is 2.46. The third-order valence-corrected chi connectivity index (χ3v) is 6.54. The smallest absolute Gasteiger partial charge is 0.315 e. The summed E-state index contributed by atoms with van der Waals surface area (Å²) in [4.78, 5) is 31.4. The molecule has 1 aliphatic heterocycles. The lowest BCUT2D eigenvalue weighted by Crippen LogP contribution is -2.38. The molecular weight excluding hydrogens is 434 g/mol. The van der Waals surface area contributed by atoms with E-state index in [0.29, 0.717) is 53.7 Å². The number of allylic oxidation sites excluding steroid dienone is 2. The van der Waals surface area contributed by atoms with E-state index in [4.69, 9.17) is 23.6 Å². The molecule has 0 fully saturated rings. The van der Waals surface area contributed by atoms with Crippen LogP contribution in [0.5, 0.6) is 11.5 Å². The summed E-state index contributed by atoms with van der Waals surface area (Å²) in [6.07, 6.45) is 1.62. The highest BCUT2D eigenvalue weighted by atomic mass is 16.5. The van der Waals surface area contributed by atoms with E-state index in [1.54, 1.807) is 14.2 Å². The highest BCUT2D eigenvalue weighted by molar-refractivity contribution is 6.09. The molecule has 34 heavy (non-hydrogen) atoms. The Hall–Kier alpha value is -3.35. The van der Waals surface area contributed by atoms with Crippen LogP contribution in [0.1, 0.15) is 62.0 Å². The van der Waals surface area contributed by atoms with Crippen LogP contribution < -0.4 is 9.47 Å². The van der Waals surface area contributed by atoms with Gasteiger partial charge in [-0.15, -0.1) is 0 Å². The van der Waals surface area contributed by atoms with E-state index in [1.807, 2.05) is 51.1 Å². The summed E-state index contributed by atoms with van der Waals surface area (Å²) in [5.74, 6) is 0.917. The Morgan fingerprint density at radius 1 is 1.09 bits per heavy atom. The minimum atomic E-state index is -0.683. The zero-order valence-electron chi connectivity index (χ0n) is 20.3. The molecule has 0 radical (unpaired) electrons. The largest absolute Gasteiger partial charge is 0.493 e. The molecule has 0 saturated heterocycles. The number of Topliss-reactive ketones (excluding diaryl/α,β-unsaturated/α-hetero) is 1. The number of rotatable bonds is 7. The van der Waals surface area contributed by atoms with Crippen LogP contribution in [0.25, 0.3) is 0 Å². The molecule has 0 N–H and O–H groups in total. The van der Waals surface area contributed by atoms with Gasteiger partial charge in [0.25, 0.3) is 0 Å². The van der Waals surface area contributed by atoms with Crippen LogP contribution in [0.2, 0.25) is 0 Å². The maximum absolute atomic E-state index is 13.6. The molecule has 7 heteroatoms. The highest BCUT2D eigenvalue weighted by Crippen LogP contribution is 2.47. The number of aryl methyl sites for hydroxylation is 1. The Morgan fingerprint density at radius 3 is 2.50 bits per heavy atom. The van der Waals surface area contributed by atoms with Crippen molar-refractivity contribution in [1.82, 2.24) is 0 Å². The van der Waals surface area contributed by atoms with Crippen molar-refractivity contribution < 1.29 is 28.2 Å². The maximum Gasteiger partial charge on any atom is 0.315 e.